The van der Waals surface area contributed by atoms with Gasteiger partial charge in [0, 0.05) is 18.2 Å². The summed E-state index contributed by atoms with van der Waals surface area (Å²) in [5, 5.41) is 0.488. The lowest BCUT2D eigenvalue weighted by atomic mass is 10.2. The Balaban J connectivity index is 2.73. The fourth-order valence-electron chi connectivity index (χ4n) is 1.56. The number of carbonyl (C=O) groups is 1. The maximum atomic E-state index is 11.2. The van der Waals surface area contributed by atoms with E-state index >= 15 is 0 Å². The number of fused-ring (bicyclic) bond motifs is 1. The van der Waals surface area contributed by atoms with Gasteiger partial charge in [-0.1, -0.05) is 18.5 Å². The van der Waals surface area contributed by atoms with Gasteiger partial charge in [0.15, 0.2) is 10.9 Å². The molecule has 0 aliphatic carbocycles. The molecule has 0 aliphatic heterocycles. The molecule has 2 aromatic rings. The zero-order valence-corrected chi connectivity index (χ0v) is 9.38. The average Bonchev–Trinajstić information content (AvgIpc) is 2.55. The molecule has 0 aliphatic rings. The Morgan fingerprint density at radius 3 is 2.87 bits per heavy atom. The topological polar surface area (TPSA) is 34.4 Å². The molecule has 2 rings (SSSR count). The zero-order valence-electron chi connectivity index (χ0n) is 8.62. The van der Waals surface area contributed by atoms with Crippen molar-refractivity contribution in [3.05, 3.63) is 34.9 Å². The first-order valence-electron chi connectivity index (χ1n) is 4.81. The maximum Gasteiger partial charge on any atom is 0.161 e. The summed E-state index contributed by atoms with van der Waals surface area (Å²) in [6.45, 7) is 3.55. The fraction of sp³-hybridized carbons (Fsp3) is 0.273. The Hall–Kier alpha value is -1.35. The Kier molecular flexibility index (Phi) is 2.49. The van der Waals surface area contributed by atoms with Crippen LogP contribution in [0.15, 0.2) is 18.3 Å². The lowest BCUT2D eigenvalue weighted by Gasteiger charge is -2.00. The van der Waals surface area contributed by atoms with Gasteiger partial charge in [0.05, 0.1) is 5.52 Å². The third-order valence-electron chi connectivity index (χ3n) is 2.39. The third kappa shape index (κ3) is 1.63. The molecule has 0 N–H and O–H groups in total. The van der Waals surface area contributed by atoms with E-state index in [1.165, 1.54) is 0 Å². The standard InChI is InChI=1S/C11H11ClN2O/c1-3-10-13-11(12)9-5-4-8(7(2)15)6-14(9)10/h4-6H,3H2,1-2H3. The van der Waals surface area contributed by atoms with E-state index in [2.05, 4.69) is 4.98 Å². The number of aromatic nitrogens is 2. The van der Waals surface area contributed by atoms with Crippen LogP contribution in [-0.4, -0.2) is 15.2 Å². The predicted molar refractivity (Wildman–Crippen MR) is 59.6 cm³/mol. The minimum absolute atomic E-state index is 0.0452. The van der Waals surface area contributed by atoms with Crippen LogP contribution >= 0.6 is 11.6 Å². The minimum Gasteiger partial charge on any atom is -0.301 e. The number of ketones is 1. The number of carbonyl (C=O) groups excluding carboxylic acids is 1. The van der Waals surface area contributed by atoms with Crippen molar-refractivity contribution in [3.8, 4) is 0 Å². The molecular weight excluding hydrogens is 212 g/mol. The average molecular weight is 223 g/mol. The van der Waals surface area contributed by atoms with E-state index in [0.29, 0.717) is 10.7 Å². The van der Waals surface area contributed by atoms with Crippen LogP contribution in [0.1, 0.15) is 30.0 Å². The van der Waals surface area contributed by atoms with Gasteiger partial charge in [-0.3, -0.25) is 4.79 Å². The molecule has 0 bridgehead atoms. The van der Waals surface area contributed by atoms with Gasteiger partial charge in [-0.15, -0.1) is 0 Å². The number of imidazole rings is 1. The molecule has 0 saturated heterocycles. The van der Waals surface area contributed by atoms with Crippen molar-refractivity contribution in [1.82, 2.24) is 9.38 Å². The van der Waals surface area contributed by atoms with E-state index in [-0.39, 0.29) is 5.78 Å². The predicted octanol–water partition coefficient (Wildman–Crippen LogP) is 2.75. The molecule has 0 unspecified atom stereocenters. The first-order chi connectivity index (χ1) is 7.13. The molecule has 0 amide bonds. The van der Waals surface area contributed by atoms with Crippen molar-refractivity contribution in [2.75, 3.05) is 0 Å². The van der Waals surface area contributed by atoms with Gasteiger partial charge in [0.1, 0.15) is 5.82 Å². The van der Waals surface area contributed by atoms with E-state index < -0.39 is 0 Å². The highest BCUT2D eigenvalue weighted by Crippen LogP contribution is 2.19. The molecule has 15 heavy (non-hydrogen) atoms. The second-order valence-electron chi connectivity index (χ2n) is 3.40. The second kappa shape index (κ2) is 3.66. The number of rotatable bonds is 2. The molecule has 0 spiro atoms. The second-order valence-corrected chi connectivity index (χ2v) is 3.76. The summed E-state index contributed by atoms with van der Waals surface area (Å²) in [5.74, 6) is 0.918. The van der Waals surface area contributed by atoms with Crippen LogP contribution < -0.4 is 0 Å². The van der Waals surface area contributed by atoms with E-state index in [4.69, 9.17) is 11.6 Å². The summed E-state index contributed by atoms with van der Waals surface area (Å²) in [7, 11) is 0. The third-order valence-corrected chi connectivity index (χ3v) is 2.67. The summed E-state index contributed by atoms with van der Waals surface area (Å²) in [5.41, 5.74) is 1.52. The van der Waals surface area contributed by atoms with E-state index in [9.17, 15) is 4.79 Å². The van der Waals surface area contributed by atoms with Gasteiger partial charge in [-0.25, -0.2) is 4.98 Å². The number of nitrogens with zero attached hydrogens (tertiary/aromatic N) is 2. The molecule has 3 nitrogen and oxygen atoms in total. The normalized spacial score (nSPS) is 10.9. The van der Waals surface area contributed by atoms with Crippen molar-refractivity contribution < 1.29 is 4.79 Å². The molecule has 78 valence electrons. The lowest BCUT2D eigenvalue weighted by molar-refractivity contribution is 0.101. The van der Waals surface area contributed by atoms with Gasteiger partial charge >= 0.3 is 0 Å². The van der Waals surface area contributed by atoms with E-state index in [1.807, 2.05) is 17.4 Å². The molecular formula is C11H11ClN2O. The first-order valence-corrected chi connectivity index (χ1v) is 5.18. The highest BCUT2D eigenvalue weighted by molar-refractivity contribution is 6.32. The quantitative estimate of drug-likeness (QED) is 0.733. The van der Waals surface area contributed by atoms with Crippen LogP contribution in [0.2, 0.25) is 5.15 Å². The van der Waals surface area contributed by atoms with E-state index in [0.717, 1.165) is 17.8 Å². The zero-order chi connectivity index (χ0) is 11.0. The number of pyridine rings is 1. The van der Waals surface area contributed by atoms with Crippen molar-refractivity contribution >= 4 is 22.9 Å². The van der Waals surface area contributed by atoms with Crippen LogP contribution in [0.4, 0.5) is 0 Å². The lowest BCUT2D eigenvalue weighted by Crippen LogP contribution is -1.98. The molecule has 2 aromatic heterocycles. The van der Waals surface area contributed by atoms with Crippen LogP contribution in [0.25, 0.3) is 5.52 Å². The summed E-state index contributed by atoms with van der Waals surface area (Å²) in [4.78, 5) is 15.5. The number of aryl methyl sites for hydroxylation is 1. The Morgan fingerprint density at radius 2 is 2.27 bits per heavy atom. The summed E-state index contributed by atoms with van der Waals surface area (Å²) in [6.07, 6.45) is 2.57. The van der Waals surface area contributed by atoms with E-state index in [1.54, 1.807) is 19.2 Å². The van der Waals surface area contributed by atoms with Crippen LogP contribution in [0, 0.1) is 0 Å². The van der Waals surface area contributed by atoms with Gasteiger partial charge in [-0.2, -0.15) is 0 Å². The number of Topliss-reactive ketones (excluding diaryl/α,β-unsaturated/α-hetero) is 1. The number of halogens is 1. The van der Waals surface area contributed by atoms with Gasteiger partial charge < -0.3 is 4.40 Å². The van der Waals surface area contributed by atoms with Crippen molar-refractivity contribution in [2.24, 2.45) is 0 Å². The fourth-order valence-corrected chi connectivity index (χ4v) is 1.82. The molecule has 0 saturated carbocycles. The monoisotopic (exact) mass is 222 g/mol. The largest absolute Gasteiger partial charge is 0.301 e. The maximum absolute atomic E-state index is 11.2. The van der Waals surface area contributed by atoms with Crippen LogP contribution in [0.3, 0.4) is 0 Å². The van der Waals surface area contributed by atoms with Crippen molar-refractivity contribution in [1.29, 1.82) is 0 Å². The summed E-state index contributed by atoms with van der Waals surface area (Å²) >= 11 is 5.97. The van der Waals surface area contributed by atoms with Gasteiger partial charge in [0.2, 0.25) is 0 Å². The molecule has 0 atom stereocenters. The molecule has 0 aromatic carbocycles. The Bertz CT molecular complexity index is 531. The molecule has 2 heterocycles. The van der Waals surface area contributed by atoms with Crippen molar-refractivity contribution in [3.63, 3.8) is 0 Å². The van der Waals surface area contributed by atoms with Crippen molar-refractivity contribution in [2.45, 2.75) is 20.3 Å². The molecule has 0 fully saturated rings. The SMILES string of the molecule is CCc1nc(Cl)c2ccc(C(C)=O)cn12. The smallest absolute Gasteiger partial charge is 0.161 e. The van der Waals surface area contributed by atoms with Gasteiger partial charge in [0.25, 0.3) is 0 Å². The molecule has 0 radical (unpaired) electrons. The highest BCUT2D eigenvalue weighted by Gasteiger charge is 2.09. The number of hydrogen-bond donors (Lipinski definition) is 0. The summed E-state index contributed by atoms with van der Waals surface area (Å²) < 4.78 is 1.87. The minimum atomic E-state index is 0.0452. The Morgan fingerprint density at radius 1 is 1.53 bits per heavy atom. The first kappa shape index (κ1) is 10.2. The Labute approximate surface area is 92.7 Å². The van der Waals surface area contributed by atoms with Crippen LogP contribution in [0.5, 0.6) is 0 Å². The molecule has 4 heteroatoms. The number of hydrogen-bond acceptors (Lipinski definition) is 2. The summed E-state index contributed by atoms with van der Waals surface area (Å²) in [6, 6.07) is 3.59. The highest BCUT2D eigenvalue weighted by atomic mass is 35.5. The van der Waals surface area contributed by atoms with Crippen LogP contribution in [-0.2, 0) is 6.42 Å². The van der Waals surface area contributed by atoms with Gasteiger partial charge in [-0.05, 0) is 19.1 Å².